The molecule has 0 N–H and O–H groups in total. The minimum Gasteiger partial charge on any atom is -0.339 e. The van der Waals surface area contributed by atoms with Crippen LogP contribution in [0.15, 0.2) is 42.9 Å². The molecule has 5 heterocycles. The molecule has 32 heavy (non-hydrogen) atoms. The van der Waals surface area contributed by atoms with Crippen molar-refractivity contribution in [3.8, 4) is 11.3 Å². The first-order valence-electron chi connectivity index (χ1n) is 11.6. The van der Waals surface area contributed by atoms with E-state index in [9.17, 15) is 9.59 Å². The van der Waals surface area contributed by atoms with Gasteiger partial charge < -0.3 is 9.80 Å². The summed E-state index contributed by atoms with van der Waals surface area (Å²) in [7, 11) is 0. The van der Waals surface area contributed by atoms with Crippen LogP contribution in [-0.2, 0) is 0 Å². The van der Waals surface area contributed by atoms with Gasteiger partial charge in [-0.25, -0.2) is 4.52 Å². The zero-order chi connectivity index (χ0) is 21.7. The van der Waals surface area contributed by atoms with Crippen LogP contribution in [0.5, 0.6) is 0 Å². The molecule has 0 aromatic carbocycles. The Hall–Kier alpha value is -3.22. The molecular weight excluding hydrogens is 402 g/mol. The number of amides is 2. The van der Waals surface area contributed by atoms with E-state index in [1.54, 1.807) is 23.1 Å². The molecule has 6 rings (SSSR count). The highest BCUT2D eigenvalue weighted by atomic mass is 16.2. The Labute approximate surface area is 187 Å². The number of rotatable bonds is 3. The summed E-state index contributed by atoms with van der Waals surface area (Å²) in [6.45, 7) is 3.35. The SMILES string of the molecule is O=C(c1cncc(-c2cccc3c(C(=O)N4CCCCC4)cnn23)c1)N1CC2(CCC2)C1. The normalized spacial score (nSPS) is 19.6. The van der Waals surface area contributed by atoms with Crippen molar-refractivity contribution in [2.24, 2.45) is 5.41 Å². The molecule has 0 radical (unpaired) electrons. The molecule has 3 aromatic heterocycles. The highest BCUT2D eigenvalue weighted by molar-refractivity contribution is 6.01. The van der Waals surface area contributed by atoms with Crippen molar-refractivity contribution < 1.29 is 9.59 Å². The molecule has 3 fully saturated rings. The number of fused-ring (bicyclic) bond motifs is 1. The number of piperidine rings is 1. The van der Waals surface area contributed by atoms with Crippen LogP contribution >= 0.6 is 0 Å². The fourth-order valence-corrected chi connectivity index (χ4v) is 5.44. The number of hydrogen-bond acceptors (Lipinski definition) is 4. The lowest BCUT2D eigenvalue weighted by Gasteiger charge is -2.55. The van der Waals surface area contributed by atoms with E-state index in [1.807, 2.05) is 34.1 Å². The molecule has 0 atom stereocenters. The maximum atomic E-state index is 13.1. The molecule has 1 spiro atoms. The van der Waals surface area contributed by atoms with E-state index in [2.05, 4.69) is 10.1 Å². The Morgan fingerprint density at radius 2 is 1.69 bits per heavy atom. The van der Waals surface area contributed by atoms with E-state index in [0.29, 0.717) is 16.5 Å². The fourth-order valence-electron chi connectivity index (χ4n) is 5.44. The van der Waals surface area contributed by atoms with Crippen molar-refractivity contribution in [2.75, 3.05) is 26.2 Å². The van der Waals surface area contributed by atoms with E-state index in [1.165, 1.54) is 25.7 Å². The first kappa shape index (κ1) is 19.5. The standard InChI is InChI=1S/C25H27N5O2/c31-23(29-16-25(17-29)8-5-9-25)19-12-18(13-26-14-19)21-6-4-7-22-20(15-27-30(21)22)24(32)28-10-2-1-3-11-28/h4,6-7,12-15H,1-3,5,8-11,16-17H2. The maximum absolute atomic E-state index is 13.1. The summed E-state index contributed by atoms with van der Waals surface area (Å²) in [5.74, 6) is 0.0899. The Kier molecular flexibility index (Phi) is 4.52. The highest BCUT2D eigenvalue weighted by Gasteiger charge is 2.49. The van der Waals surface area contributed by atoms with E-state index >= 15 is 0 Å². The molecule has 7 nitrogen and oxygen atoms in total. The van der Waals surface area contributed by atoms with Gasteiger partial charge in [-0.15, -0.1) is 0 Å². The lowest BCUT2D eigenvalue weighted by molar-refractivity contribution is -0.0426. The van der Waals surface area contributed by atoms with Crippen molar-refractivity contribution in [2.45, 2.75) is 38.5 Å². The average Bonchev–Trinajstić information content (AvgIpc) is 3.21. The van der Waals surface area contributed by atoms with Crippen LogP contribution in [0.4, 0.5) is 0 Å². The fraction of sp³-hybridized carbons (Fsp3) is 0.440. The maximum Gasteiger partial charge on any atom is 0.257 e. The third-order valence-corrected chi connectivity index (χ3v) is 7.45. The van der Waals surface area contributed by atoms with Crippen LogP contribution in [-0.4, -0.2) is 62.4 Å². The summed E-state index contributed by atoms with van der Waals surface area (Å²) >= 11 is 0. The van der Waals surface area contributed by atoms with Crippen LogP contribution in [0.3, 0.4) is 0 Å². The smallest absolute Gasteiger partial charge is 0.257 e. The summed E-state index contributed by atoms with van der Waals surface area (Å²) in [5, 5.41) is 4.53. The van der Waals surface area contributed by atoms with Gasteiger partial charge >= 0.3 is 0 Å². The van der Waals surface area contributed by atoms with Crippen LogP contribution in [0.2, 0.25) is 0 Å². The minimum absolute atomic E-state index is 0.0432. The van der Waals surface area contributed by atoms with Crippen LogP contribution < -0.4 is 0 Å². The summed E-state index contributed by atoms with van der Waals surface area (Å²) < 4.78 is 1.79. The topological polar surface area (TPSA) is 70.8 Å². The largest absolute Gasteiger partial charge is 0.339 e. The number of likely N-dealkylation sites (tertiary alicyclic amines) is 2. The van der Waals surface area contributed by atoms with Crippen molar-refractivity contribution in [3.05, 3.63) is 54.0 Å². The van der Waals surface area contributed by atoms with Crippen molar-refractivity contribution in [1.82, 2.24) is 24.4 Å². The summed E-state index contributed by atoms with van der Waals surface area (Å²) in [6, 6.07) is 7.70. The van der Waals surface area contributed by atoms with E-state index < -0.39 is 0 Å². The van der Waals surface area contributed by atoms with Crippen LogP contribution in [0.1, 0.15) is 59.2 Å². The van der Waals surface area contributed by atoms with Crippen molar-refractivity contribution in [1.29, 1.82) is 0 Å². The Balaban J connectivity index is 1.29. The number of pyridine rings is 2. The Bertz CT molecular complexity index is 1200. The number of aromatic nitrogens is 3. The minimum atomic E-state index is 0.0432. The molecule has 2 saturated heterocycles. The van der Waals surface area contributed by atoms with E-state index in [4.69, 9.17) is 0 Å². The molecule has 0 unspecified atom stereocenters. The summed E-state index contributed by atoms with van der Waals surface area (Å²) in [4.78, 5) is 34.3. The molecular formula is C25H27N5O2. The zero-order valence-corrected chi connectivity index (χ0v) is 18.2. The van der Waals surface area contributed by atoms with Crippen molar-refractivity contribution >= 4 is 17.3 Å². The molecule has 3 aromatic rings. The second-order valence-electron chi connectivity index (χ2n) is 9.60. The van der Waals surface area contributed by atoms with Gasteiger partial charge in [0.15, 0.2) is 0 Å². The molecule has 1 aliphatic carbocycles. The van der Waals surface area contributed by atoms with Gasteiger partial charge in [0.05, 0.1) is 28.5 Å². The molecule has 7 heteroatoms. The number of hydrogen-bond donors (Lipinski definition) is 0. The highest BCUT2D eigenvalue weighted by Crippen LogP contribution is 2.48. The van der Waals surface area contributed by atoms with Gasteiger partial charge in [0.25, 0.3) is 11.8 Å². The third-order valence-electron chi connectivity index (χ3n) is 7.45. The summed E-state index contributed by atoms with van der Waals surface area (Å²) in [5.41, 5.74) is 4.05. The lowest BCUT2D eigenvalue weighted by Crippen LogP contribution is -2.61. The lowest BCUT2D eigenvalue weighted by atomic mass is 9.63. The predicted octanol–water partition coefficient (Wildman–Crippen LogP) is 3.65. The zero-order valence-electron chi connectivity index (χ0n) is 18.2. The summed E-state index contributed by atoms with van der Waals surface area (Å²) in [6.07, 6.45) is 12.1. The van der Waals surface area contributed by atoms with Gasteiger partial charge in [-0.05, 0) is 50.3 Å². The van der Waals surface area contributed by atoms with Crippen LogP contribution in [0.25, 0.3) is 16.8 Å². The second kappa shape index (κ2) is 7.43. The van der Waals surface area contributed by atoms with Gasteiger partial charge in [-0.1, -0.05) is 12.5 Å². The monoisotopic (exact) mass is 429 g/mol. The molecule has 1 saturated carbocycles. The van der Waals surface area contributed by atoms with Gasteiger partial charge in [0.1, 0.15) is 0 Å². The third kappa shape index (κ3) is 3.10. The predicted molar refractivity (Wildman–Crippen MR) is 120 cm³/mol. The van der Waals surface area contributed by atoms with Crippen LogP contribution in [0, 0.1) is 5.41 Å². The second-order valence-corrected chi connectivity index (χ2v) is 9.60. The molecule has 2 aliphatic heterocycles. The number of carbonyl (C=O) groups is 2. The Morgan fingerprint density at radius 1 is 0.875 bits per heavy atom. The van der Waals surface area contributed by atoms with E-state index in [-0.39, 0.29) is 11.8 Å². The van der Waals surface area contributed by atoms with Gasteiger partial charge in [0.2, 0.25) is 0 Å². The van der Waals surface area contributed by atoms with Gasteiger partial charge in [0, 0.05) is 49.6 Å². The first-order chi connectivity index (χ1) is 15.6. The Morgan fingerprint density at radius 3 is 2.44 bits per heavy atom. The van der Waals surface area contributed by atoms with Crippen molar-refractivity contribution in [3.63, 3.8) is 0 Å². The van der Waals surface area contributed by atoms with Gasteiger partial charge in [-0.3, -0.25) is 14.6 Å². The average molecular weight is 430 g/mol. The quantitative estimate of drug-likeness (QED) is 0.637. The van der Waals surface area contributed by atoms with Gasteiger partial charge in [-0.2, -0.15) is 5.10 Å². The van der Waals surface area contributed by atoms with E-state index in [0.717, 1.165) is 55.8 Å². The number of carbonyl (C=O) groups excluding carboxylic acids is 2. The first-order valence-corrected chi connectivity index (χ1v) is 11.6. The molecule has 3 aliphatic rings. The molecule has 0 bridgehead atoms. The molecule has 2 amide bonds. The number of nitrogens with zero attached hydrogens (tertiary/aromatic N) is 5. The molecule has 164 valence electrons.